The molecule has 1 aromatic carbocycles. The third-order valence-electron chi connectivity index (χ3n) is 5.78. The van der Waals surface area contributed by atoms with Gasteiger partial charge in [0, 0.05) is 6.04 Å². The predicted molar refractivity (Wildman–Crippen MR) is 94.4 cm³/mol. The lowest BCUT2D eigenvalue weighted by Crippen LogP contribution is -2.44. The van der Waals surface area contributed by atoms with E-state index in [0.29, 0.717) is 29.9 Å². The first-order valence-corrected chi connectivity index (χ1v) is 9.08. The zero-order valence-electron chi connectivity index (χ0n) is 15.0. The number of aromatic nitrogens is 1. The van der Waals surface area contributed by atoms with Crippen LogP contribution in [0.1, 0.15) is 54.7 Å². The molecular formula is C20H24N2O3. The van der Waals surface area contributed by atoms with Crippen LogP contribution in [0.15, 0.2) is 22.7 Å². The molecule has 5 heteroatoms. The van der Waals surface area contributed by atoms with Crippen LogP contribution in [-0.4, -0.2) is 17.1 Å². The van der Waals surface area contributed by atoms with Crippen molar-refractivity contribution in [3.05, 3.63) is 35.0 Å². The Morgan fingerprint density at radius 3 is 2.96 bits per heavy atom. The van der Waals surface area contributed by atoms with E-state index < -0.39 is 0 Å². The van der Waals surface area contributed by atoms with Crippen molar-refractivity contribution in [3.8, 4) is 17.1 Å². The fourth-order valence-corrected chi connectivity index (χ4v) is 3.95. The molecule has 3 atom stereocenters. The summed E-state index contributed by atoms with van der Waals surface area (Å²) in [5.74, 6) is 2.37. The number of amides is 1. The highest BCUT2D eigenvalue weighted by atomic mass is 16.5. The smallest absolute Gasteiger partial charge is 0.274 e. The topological polar surface area (TPSA) is 64.4 Å². The van der Waals surface area contributed by atoms with E-state index in [1.54, 1.807) is 0 Å². The van der Waals surface area contributed by atoms with Crippen LogP contribution in [0.3, 0.4) is 0 Å². The molecule has 5 nitrogen and oxygen atoms in total. The van der Waals surface area contributed by atoms with Gasteiger partial charge in [0.15, 0.2) is 11.5 Å². The minimum atomic E-state index is -0.157. The standard InChI is InChI=1S/C20H24N2O3/c1-11-7-8-17-14(9-11)19-15(10-24-17)18(22-25-19)20(23)21-16-6-4-5-12(2)13(16)3/h7-9,12-13,16H,4-6,10H2,1-3H3,(H,21,23)/t12-,13+,16-/m1/s1. The number of ether oxygens (including phenoxy) is 1. The van der Waals surface area contributed by atoms with Gasteiger partial charge in [0.05, 0.1) is 11.1 Å². The van der Waals surface area contributed by atoms with Gasteiger partial charge in [-0.05, 0) is 37.3 Å². The summed E-state index contributed by atoms with van der Waals surface area (Å²) in [5.41, 5.74) is 3.08. The Bertz CT molecular complexity index is 811. The Balaban J connectivity index is 1.60. The maximum atomic E-state index is 12.8. The largest absolute Gasteiger partial charge is 0.488 e. The van der Waals surface area contributed by atoms with E-state index in [0.717, 1.165) is 35.3 Å². The lowest BCUT2D eigenvalue weighted by molar-refractivity contribution is 0.0880. The summed E-state index contributed by atoms with van der Waals surface area (Å²) in [6.07, 6.45) is 3.41. The van der Waals surface area contributed by atoms with Gasteiger partial charge in [0.25, 0.3) is 5.91 Å². The summed E-state index contributed by atoms with van der Waals surface area (Å²) in [7, 11) is 0. The molecule has 25 heavy (non-hydrogen) atoms. The Labute approximate surface area is 147 Å². The molecule has 1 aliphatic carbocycles. The van der Waals surface area contributed by atoms with Crippen molar-refractivity contribution in [3.63, 3.8) is 0 Å². The number of nitrogens with one attached hydrogen (secondary N) is 1. The van der Waals surface area contributed by atoms with E-state index >= 15 is 0 Å². The molecule has 0 unspecified atom stereocenters. The third-order valence-corrected chi connectivity index (χ3v) is 5.78. The summed E-state index contributed by atoms with van der Waals surface area (Å²) >= 11 is 0. The van der Waals surface area contributed by atoms with Crippen molar-refractivity contribution in [1.82, 2.24) is 10.5 Å². The van der Waals surface area contributed by atoms with Crippen LogP contribution in [0.5, 0.6) is 5.75 Å². The van der Waals surface area contributed by atoms with Crippen molar-refractivity contribution in [2.45, 2.75) is 52.7 Å². The van der Waals surface area contributed by atoms with E-state index in [2.05, 4.69) is 24.3 Å². The van der Waals surface area contributed by atoms with Crippen LogP contribution in [0.2, 0.25) is 0 Å². The molecule has 2 aliphatic rings. The molecule has 1 saturated carbocycles. The number of fused-ring (bicyclic) bond motifs is 3. The number of benzene rings is 1. The van der Waals surface area contributed by atoms with Gasteiger partial charge in [0.2, 0.25) is 0 Å². The van der Waals surface area contributed by atoms with Crippen LogP contribution >= 0.6 is 0 Å². The van der Waals surface area contributed by atoms with Crippen LogP contribution < -0.4 is 10.1 Å². The summed E-state index contributed by atoms with van der Waals surface area (Å²) < 4.78 is 11.3. The average Bonchev–Trinajstić information content (AvgIpc) is 3.03. The number of hydrogen-bond acceptors (Lipinski definition) is 4. The highest BCUT2D eigenvalue weighted by Crippen LogP contribution is 2.39. The second kappa shape index (κ2) is 6.21. The number of carbonyl (C=O) groups excluding carboxylic acids is 1. The van der Waals surface area contributed by atoms with Gasteiger partial charge in [-0.1, -0.05) is 43.5 Å². The molecule has 1 amide bonds. The Kier molecular flexibility index (Phi) is 4.02. The summed E-state index contributed by atoms with van der Waals surface area (Å²) in [5, 5.41) is 7.24. The minimum Gasteiger partial charge on any atom is -0.488 e. The molecule has 1 aromatic heterocycles. The van der Waals surface area contributed by atoms with Gasteiger partial charge >= 0.3 is 0 Å². The molecule has 0 spiro atoms. The van der Waals surface area contributed by atoms with Gasteiger partial charge in [0.1, 0.15) is 12.4 Å². The zero-order valence-corrected chi connectivity index (χ0v) is 15.0. The first-order chi connectivity index (χ1) is 12.0. The SMILES string of the molecule is Cc1ccc2c(c1)-c1onc(C(=O)N[C@@H]3CCC[C@@H](C)[C@@H]3C)c1CO2. The quantitative estimate of drug-likeness (QED) is 0.894. The fourth-order valence-electron chi connectivity index (χ4n) is 3.95. The zero-order chi connectivity index (χ0) is 17.6. The molecule has 1 fully saturated rings. The maximum absolute atomic E-state index is 12.8. The third kappa shape index (κ3) is 2.81. The summed E-state index contributed by atoms with van der Waals surface area (Å²) in [6, 6.07) is 6.13. The molecule has 132 valence electrons. The van der Waals surface area contributed by atoms with E-state index in [-0.39, 0.29) is 11.9 Å². The number of nitrogens with zero attached hydrogens (tertiary/aromatic N) is 1. The number of rotatable bonds is 2. The molecule has 2 heterocycles. The normalized spacial score (nSPS) is 24.8. The van der Waals surface area contributed by atoms with Crippen LogP contribution in [-0.2, 0) is 6.61 Å². The van der Waals surface area contributed by atoms with Gasteiger partial charge in [-0.15, -0.1) is 0 Å². The van der Waals surface area contributed by atoms with Gasteiger partial charge in [-0.25, -0.2) is 0 Å². The minimum absolute atomic E-state index is 0.157. The summed E-state index contributed by atoms with van der Waals surface area (Å²) in [4.78, 5) is 12.8. The van der Waals surface area contributed by atoms with Gasteiger partial charge in [-0.3, -0.25) is 4.79 Å². The Morgan fingerprint density at radius 1 is 1.28 bits per heavy atom. The molecular weight excluding hydrogens is 316 g/mol. The monoisotopic (exact) mass is 340 g/mol. The van der Waals surface area contributed by atoms with Crippen molar-refractivity contribution in [1.29, 1.82) is 0 Å². The molecule has 1 aliphatic heterocycles. The van der Waals surface area contributed by atoms with Gasteiger partial charge in [-0.2, -0.15) is 0 Å². The highest BCUT2D eigenvalue weighted by molar-refractivity contribution is 5.95. The lowest BCUT2D eigenvalue weighted by Gasteiger charge is -2.34. The first kappa shape index (κ1) is 16.2. The molecule has 4 rings (SSSR count). The van der Waals surface area contributed by atoms with Crippen molar-refractivity contribution < 1.29 is 14.1 Å². The molecule has 0 saturated heterocycles. The van der Waals surface area contributed by atoms with Gasteiger partial charge < -0.3 is 14.6 Å². The van der Waals surface area contributed by atoms with Crippen molar-refractivity contribution in [2.75, 3.05) is 0 Å². The average molecular weight is 340 g/mol. The molecule has 1 N–H and O–H groups in total. The van der Waals surface area contributed by atoms with Crippen molar-refractivity contribution in [2.24, 2.45) is 11.8 Å². The molecule has 0 bridgehead atoms. The Morgan fingerprint density at radius 2 is 2.12 bits per heavy atom. The first-order valence-electron chi connectivity index (χ1n) is 9.08. The molecule has 0 radical (unpaired) electrons. The van der Waals surface area contributed by atoms with E-state index in [9.17, 15) is 4.79 Å². The number of hydrogen-bond donors (Lipinski definition) is 1. The van der Waals surface area contributed by atoms with Crippen LogP contribution in [0, 0.1) is 18.8 Å². The lowest BCUT2D eigenvalue weighted by atomic mass is 9.78. The second-order valence-electron chi connectivity index (χ2n) is 7.47. The molecule has 2 aromatic rings. The van der Waals surface area contributed by atoms with E-state index in [4.69, 9.17) is 9.26 Å². The maximum Gasteiger partial charge on any atom is 0.274 e. The Hall–Kier alpha value is -2.30. The second-order valence-corrected chi connectivity index (χ2v) is 7.47. The number of carbonyl (C=O) groups is 1. The number of aryl methyl sites for hydroxylation is 1. The van der Waals surface area contributed by atoms with Crippen LogP contribution in [0.25, 0.3) is 11.3 Å². The predicted octanol–water partition coefficient (Wildman–Crippen LogP) is 4.10. The van der Waals surface area contributed by atoms with E-state index in [1.165, 1.54) is 6.42 Å². The fraction of sp³-hybridized carbons (Fsp3) is 0.500. The van der Waals surface area contributed by atoms with E-state index in [1.807, 2.05) is 25.1 Å². The van der Waals surface area contributed by atoms with Crippen LogP contribution in [0.4, 0.5) is 0 Å². The summed E-state index contributed by atoms with van der Waals surface area (Å²) in [6.45, 7) is 6.81. The van der Waals surface area contributed by atoms with Crippen molar-refractivity contribution >= 4 is 5.91 Å². The highest BCUT2D eigenvalue weighted by Gasteiger charge is 2.32.